The number of carbonyl (C=O) groups excluding carboxylic acids is 1. The number of amides is 1. The number of hydrogen-bond acceptors (Lipinski definition) is 3. The van der Waals surface area contributed by atoms with Gasteiger partial charge < -0.3 is 15.4 Å². The zero-order valence-corrected chi connectivity index (χ0v) is 15.9. The Morgan fingerprint density at radius 1 is 1.04 bits per heavy atom. The maximum Gasteiger partial charge on any atom is 0.226 e. The molecule has 2 N–H and O–H groups in total. The number of ether oxygens (including phenoxy) is 1. The highest BCUT2D eigenvalue weighted by Gasteiger charge is 2.20. The smallest absolute Gasteiger partial charge is 0.226 e. The Morgan fingerprint density at radius 2 is 1.89 bits per heavy atom. The molecule has 1 aliphatic heterocycles. The number of benzene rings is 2. The van der Waals surface area contributed by atoms with Crippen molar-refractivity contribution in [3.8, 4) is 0 Å². The van der Waals surface area contributed by atoms with Crippen LogP contribution >= 0.6 is 0 Å². The lowest BCUT2D eigenvalue weighted by atomic mass is 10.0. The van der Waals surface area contributed by atoms with Gasteiger partial charge in [0.05, 0.1) is 11.4 Å². The summed E-state index contributed by atoms with van der Waals surface area (Å²) in [5.41, 5.74) is 5.16. The van der Waals surface area contributed by atoms with Crippen molar-refractivity contribution in [2.45, 2.75) is 32.4 Å². The van der Waals surface area contributed by atoms with E-state index in [2.05, 4.69) is 47.1 Å². The van der Waals surface area contributed by atoms with Crippen molar-refractivity contribution >= 4 is 22.9 Å². The molecule has 0 fully saturated rings. The predicted molar refractivity (Wildman–Crippen MR) is 114 cm³/mol. The average molecular weight is 372 g/mol. The van der Waals surface area contributed by atoms with Crippen molar-refractivity contribution in [1.29, 1.82) is 0 Å². The average Bonchev–Trinajstić information content (AvgIpc) is 3.01. The minimum absolute atomic E-state index is 0.0413. The second kappa shape index (κ2) is 8.17. The molecule has 0 unspecified atom stereocenters. The van der Waals surface area contributed by atoms with E-state index in [4.69, 9.17) is 4.74 Å². The highest BCUT2D eigenvalue weighted by atomic mass is 16.5. The number of para-hydroxylation sites is 1. The standard InChI is InChI=1S/C24H24N2O2/c1-17-15-23(27)26-22-12-6-11-21(24(22)25-17)19-9-5-10-20(14-13-19)28-16-18-7-3-2-4-8-18/h2-4,6-14,17,25H,5,15-16H2,1H3,(H,26,27)/t17-/m1/s1. The van der Waals surface area contributed by atoms with Crippen molar-refractivity contribution in [2.75, 3.05) is 10.6 Å². The first-order chi connectivity index (χ1) is 13.7. The summed E-state index contributed by atoms with van der Waals surface area (Å²) in [6, 6.07) is 16.2. The molecule has 4 rings (SSSR count). The number of carbonyl (C=O) groups is 1. The van der Waals surface area contributed by atoms with Gasteiger partial charge in [-0.3, -0.25) is 4.79 Å². The fourth-order valence-corrected chi connectivity index (χ4v) is 3.49. The van der Waals surface area contributed by atoms with Gasteiger partial charge in [0.1, 0.15) is 12.4 Å². The van der Waals surface area contributed by atoms with Crippen molar-refractivity contribution in [2.24, 2.45) is 0 Å². The Bertz CT molecular complexity index is 958. The molecule has 28 heavy (non-hydrogen) atoms. The maximum absolute atomic E-state index is 12.0. The molecule has 0 bridgehead atoms. The molecule has 0 spiro atoms. The summed E-state index contributed by atoms with van der Waals surface area (Å²) in [6.45, 7) is 2.58. The van der Waals surface area contributed by atoms with Gasteiger partial charge in [-0.15, -0.1) is 0 Å². The highest BCUT2D eigenvalue weighted by molar-refractivity contribution is 5.99. The van der Waals surface area contributed by atoms with E-state index in [-0.39, 0.29) is 11.9 Å². The Balaban J connectivity index is 1.53. The second-order valence-electron chi connectivity index (χ2n) is 7.14. The van der Waals surface area contributed by atoms with Crippen LogP contribution in [-0.2, 0) is 16.1 Å². The molecule has 1 atom stereocenters. The third-order valence-electron chi connectivity index (χ3n) is 4.86. The summed E-state index contributed by atoms with van der Waals surface area (Å²) in [5.74, 6) is 0.909. The molecular weight excluding hydrogens is 348 g/mol. The number of anilines is 2. The van der Waals surface area contributed by atoms with Crippen LogP contribution in [0.1, 0.15) is 30.9 Å². The molecule has 0 radical (unpaired) electrons. The summed E-state index contributed by atoms with van der Waals surface area (Å²) in [5, 5.41) is 6.50. The number of rotatable bonds is 4. The van der Waals surface area contributed by atoms with E-state index in [1.165, 1.54) is 0 Å². The summed E-state index contributed by atoms with van der Waals surface area (Å²) >= 11 is 0. The third-order valence-corrected chi connectivity index (χ3v) is 4.86. The van der Waals surface area contributed by atoms with Crippen molar-refractivity contribution in [3.05, 3.63) is 89.7 Å². The number of allylic oxidation sites excluding steroid dienone is 5. The second-order valence-corrected chi connectivity index (χ2v) is 7.14. The Hall–Kier alpha value is -3.27. The molecule has 1 heterocycles. The maximum atomic E-state index is 12.0. The topological polar surface area (TPSA) is 50.4 Å². The zero-order valence-electron chi connectivity index (χ0n) is 15.9. The van der Waals surface area contributed by atoms with E-state index >= 15 is 0 Å². The number of nitrogens with one attached hydrogen (secondary N) is 2. The molecule has 0 saturated heterocycles. The number of hydrogen-bond donors (Lipinski definition) is 2. The molecule has 2 aromatic rings. The first kappa shape index (κ1) is 18.1. The highest BCUT2D eigenvalue weighted by Crippen LogP contribution is 2.35. The van der Waals surface area contributed by atoms with E-state index in [0.29, 0.717) is 13.0 Å². The lowest BCUT2D eigenvalue weighted by Crippen LogP contribution is -2.19. The van der Waals surface area contributed by atoms with Crippen LogP contribution < -0.4 is 10.6 Å². The van der Waals surface area contributed by atoms with E-state index in [0.717, 1.165) is 40.3 Å². The molecule has 2 aromatic carbocycles. The molecule has 4 nitrogen and oxygen atoms in total. The minimum atomic E-state index is 0.0413. The molecule has 0 saturated carbocycles. The zero-order chi connectivity index (χ0) is 19.3. The minimum Gasteiger partial charge on any atom is -0.489 e. The lowest BCUT2D eigenvalue weighted by molar-refractivity contribution is -0.116. The van der Waals surface area contributed by atoms with E-state index in [9.17, 15) is 4.79 Å². The van der Waals surface area contributed by atoms with Gasteiger partial charge in [-0.1, -0.05) is 54.6 Å². The third kappa shape index (κ3) is 4.17. The summed E-state index contributed by atoms with van der Waals surface area (Å²) < 4.78 is 5.97. The van der Waals surface area contributed by atoms with Crippen LogP contribution in [0.15, 0.2) is 78.6 Å². The molecule has 4 heteroatoms. The molecule has 1 aliphatic carbocycles. The summed E-state index contributed by atoms with van der Waals surface area (Å²) in [6.07, 6.45) is 9.62. The summed E-state index contributed by atoms with van der Waals surface area (Å²) in [4.78, 5) is 12.0. The summed E-state index contributed by atoms with van der Waals surface area (Å²) in [7, 11) is 0. The Labute approximate surface area is 165 Å². The van der Waals surface area contributed by atoms with Crippen LogP contribution in [0.4, 0.5) is 11.4 Å². The fourth-order valence-electron chi connectivity index (χ4n) is 3.49. The van der Waals surface area contributed by atoms with Crippen LogP contribution in [0, 0.1) is 0 Å². The Morgan fingerprint density at radius 3 is 2.75 bits per heavy atom. The van der Waals surface area contributed by atoms with Crippen LogP contribution in [0.25, 0.3) is 5.57 Å². The SMILES string of the molecule is C[C@@H]1CC(=O)Nc2cccc(C3=CCC=C(OCc4ccccc4)C=C3)c2N1. The van der Waals surface area contributed by atoms with Crippen molar-refractivity contribution < 1.29 is 9.53 Å². The van der Waals surface area contributed by atoms with Gasteiger partial charge in [-0.05, 0) is 42.7 Å². The molecule has 142 valence electrons. The first-order valence-corrected chi connectivity index (χ1v) is 9.64. The van der Waals surface area contributed by atoms with E-state index in [1.807, 2.05) is 43.3 Å². The van der Waals surface area contributed by atoms with Crippen molar-refractivity contribution in [1.82, 2.24) is 0 Å². The van der Waals surface area contributed by atoms with Crippen LogP contribution in [-0.4, -0.2) is 11.9 Å². The number of fused-ring (bicyclic) bond motifs is 1. The molecule has 0 aromatic heterocycles. The first-order valence-electron chi connectivity index (χ1n) is 9.64. The van der Waals surface area contributed by atoms with Gasteiger partial charge in [0.2, 0.25) is 5.91 Å². The molecule has 1 amide bonds. The fraction of sp³-hybridized carbons (Fsp3) is 0.208. The van der Waals surface area contributed by atoms with Crippen LogP contribution in [0.5, 0.6) is 0 Å². The molecular formula is C24H24N2O2. The predicted octanol–water partition coefficient (Wildman–Crippen LogP) is 5.27. The lowest BCUT2D eigenvalue weighted by Gasteiger charge is -2.17. The van der Waals surface area contributed by atoms with Gasteiger partial charge in [0.25, 0.3) is 0 Å². The van der Waals surface area contributed by atoms with Gasteiger partial charge in [-0.25, -0.2) is 0 Å². The largest absolute Gasteiger partial charge is 0.489 e. The monoisotopic (exact) mass is 372 g/mol. The quantitative estimate of drug-likeness (QED) is 0.768. The van der Waals surface area contributed by atoms with E-state index < -0.39 is 0 Å². The van der Waals surface area contributed by atoms with E-state index in [1.54, 1.807) is 0 Å². The Kier molecular flexibility index (Phi) is 5.29. The van der Waals surface area contributed by atoms with Crippen LogP contribution in [0.3, 0.4) is 0 Å². The van der Waals surface area contributed by atoms with Crippen molar-refractivity contribution in [3.63, 3.8) is 0 Å². The normalized spacial score (nSPS) is 18.6. The van der Waals surface area contributed by atoms with Gasteiger partial charge in [0.15, 0.2) is 0 Å². The van der Waals surface area contributed by atoms with Gasteiger partial charge in [-0.2, -0.15) is 0 Å². The molecule has 2 aliphatic rings. The van der Waals surface area contributed by atoms with Gasteiger partial charge in [0, 0.05) is 18.0 Å². The van der Waals surface area contributed by atoms with Crippen LogP contribution in [0.2, 0.25) is 0 Å². The van der Waals surface area contributed by atoms with Gasteiger partial charge >= 0.3 is 0 Å².